The summed E-state index contributed by atoms with van der Waals surface area (Å²) in [6.45, 7) is 2.04. The Balaban J connectivity index is 2.17. The van der Waals surface area contributed by atoms with Gasteiger partial charge in [-0.15, -0.1) is 0 Å². The standard InChI is InChI=1S/C12H10N2OS/c1-9-3-2-4-11(5-9)16-12-13-6-10(8-15)7-14-12/h2-8H,1H3. The van der Waals surface area contributed by atoms with Crippen molar-refractivity contribution in [1.82, 2.24) is 9.97 Å². The van der Waals surface area contributed by atoms with Crippen LogP contribution in [-0.2, 0) is 0 Å². The number of benzene rings is 1. The van der Waals surface area contributed by atoms with Gasteiger partial charge in [0.05, 0.1) is 5.56 Å². The third-order valence-corrected chi connectivity index (χ3v) is 2.87. The van der Waals surface area contributed by atoms with Crippen LogP contribution in [0.15, 0.2) is 46.7 Å². The molecule has 0 saturated heterocycles. The molecule has 0 bridgehead atoms. The number of nitrogens with zero attached hydrogens (tertiary/aromatic N) is 2. The highest BCUT2D eigenvalue weighted by Gasteiger charge is 2.00. The van der Waals surface area contributed by atoms with Gasteiger partial charge in [0, 0.05) is 17.3 Å². The zero-order valence-corrected chi connectivity index (χ0v) is 9.57. The minimum absolute atomic E-state index is 0.494. The monoisotopic (exact) mass is 230 g/mol. The normalized spacial score (nSPS) is 10.1. The van der Waals surface area contributed by atoms with Crippen LogP contribution < -0.4 is 0 Å². The van der Waals surface area contributed by atoms with Crippen molar-refractivity contribution in [2.75, 3.05) is 0 Å². The van der Waals surface area contributed by atoms with Crippen LogP contribution in [0.5, 0.6) is 0 Å². The summed E-state index contributed by atoms with van der Waals surface area (Å²) in [5, 5.41) is 0.649. The number of aldehydes is 1. The van der Waals surface area contributed by atoms with Gasteiger partial charge in [0.25, 0.3) is 0 Å². The van der Waals surface area contributed by atoms with Crippen LogP contribution in [-0.4, -0.2) is 16.3 Å². The molecule has 0 aliphatic heterocycles. The van der Waals surface area contributed by atoms with Crippen molar-refractivity contribution in [3.8, 4) is 0 Å². The third kappa shape index (κ3) is 2.67. The van der Waals surface area contributed by atoms with Crippen molar-refractivity contribution in [3.63, 3.8) is 0 Å². The van der Waals surface area contributed by atoms with E-state index in [-0.39, 0.29) is 0 Å². The van der Waals surface area contributed by atoms with E-state index in [0.29, 0.717) is 10.7 Å². The number of aryl methyl sites for hydroxylation is 1. The summed E-state index contributed by atoms with van der Waals surface area (Å²) < 4.78 is 0. The Morgan fingerprint density at radius 1 is 1.25 bits per heavy atom. The van der Waals surface area contributed by atoms with Gasteiger partial charge >= 0.3 is 0 Å². The van der Waals surface area contributed by atoms with Gasteiger partial charge in [-0.05, 0) is 30.8 Å². The van der Waals surface area contributed by atoms with Gasteiger partial charge in [0.1, 0.15) is 0 Å². The highest BCUT2D eigenvalue weighted by atomic mass is 32.2. The fourth-order valence-corrected chi connectivity index (χ4v) is 2.04. The Morgan fingerprint density at radius 2 is 2.00 bits per heavy atom. The number of carbonyl (C=O) groups is 1. The maximum absolute atomic E-state index is 10.4. The number of aromatic nitrogens is 2. The topological polar surface area (TPSA) is 42.9 Å². The van der Waals surface area contributed by atoms with Crippen LogP contribution in [0.2, 0.25) is 0 Å². The lowest BCUT2D eigenvalue weighted by Crippen LogP contribution is -1.89. The first-order valence-corrected chi connectivity index (χ1v) is 5.61. The Hall–Kier alpha value is -1.68. The van der Waals surface area contributed by atoms with Crippen LogP contribution in [0.1, 0.15) is 15.9 Å². The minimum Gasteiger partial charge on any atom is -0.298 e. The van der Waals surface area contributed by atoms with Crippen LogP contribution in [0, 0.1) is 6.92 Å². The Bertz CT molecular complexity index is 497. The highest BCUT2D eigenvalue weighted by Crippen LogP contribution is 2.24. The number of rotatable bonds is 3. The lowest BCUT2D eigenvalue weighted by molar-refractivity contribution is 0.112. The Morgan fingerprint density at radius 3 is 2.62 bits per heavy atom. The molecule has 0 aliphatic carbocycles. The first-order valence-electron chi connectivity index (χ1n) is 4.79. The molecule has 16 heavy (non-hydrogen) atoms. The summed E-state index contributed by atoms with van der Waals surface area (Å²) in [5.41, 5.74) is 1.70. The summed E-state index contributed by atoms with van der Waals surface area (Å²) in [6, 6.07) is 8.12. The quantitative estimate of drug-likeness (QED) is 0.600. The molecular formula is C12H10N2OS. The first kappa shape index (κ1) is 10.8. The van der Waals surface area contributed by atoms with Gasteiger partial charge in [-0.2, -0.15) is 0 Å². The van der Waals surface area contributed by atoms with Gasteiger partial charge in [0.15, 0.2) is 11.4 Å². The van der Waals surface area contributed by atoms with E-state index >= 15 is 0 Å². The van der Waals surface area contributed by atoms with E-state index < -0.39 is 0 Å². The van der Waals surface area contributed by atoms with E-state index in [1.165, 1.54) is 29.7 Å². The molecular weight excluding hydrogens is 220 g/mol. The largest absolute Gasteiger partial charge is 0.298 e. The fraction of sp³-hybridized carbons (Fsp3) is 0.0833. The van der Waals surface area contributed by atoms with E-state index in [1.54, 1.807) is 0 Å². The van der Waals surface area contributed by atoms with Gasteiger partial charge in [-0.1, -0.05) is 17.7 Å². The first-order chi connectivity index (χ1) is 7.78. The van der Waals surface area contributed by atoms with Gasteiger partial charge in [0.2, 0.25) is 0 Å². The lowest BCUT2D eigenvalue weighted by atomic mass is 10.2. The van der Waals surface area contributed by atoms with Crippen LogP contribution >= 0.6 is 11.8 Å². The molecule has 2 aromatic rings. The molecule has 0 spiro atoms. The predicted molar refractivity (Wildman–Crippen MR) is 62.7 cm³/mol. The second-order valence-corrected chi connectivity index (χ2v) is 4.38. The smallest absolute Gasteiger partial charge is 0.192 e. The van der Waals surface area contributed by atoms with E-state index in [4.69, 9.17) is 0 Å². The summed E-state index contributed by atoms with van der Waals surface area (Å²) >= 11 is 1.48. The molecule has 0 unspecified atom stereocenters. The van der Waals surface area contributed by atoms with Crippen molar-refractivity contribution in [1.29, 1.82) is 0 Å². The molecule has 80 valence electrons. The molecule has 2 rings (SSSR count). The summed E-state index contributed by atoms with van der Waals surface area (Å²) in [5.74, 6) is 0. The molecule has 1 heterocycles. The molecule has 4 heteroatoms. The van der Waals surface area contributed by atoms with Crippen LogP contribution in [0.25, 0.3) is 0 Å². The number of hydrogen-bond acceptors (Lipinski definition) is 4. The van der Waals surface area contributed by atoms with E-state index in [9.17, 15) is 4.79 Å². The second kappa shape index (κ2) is 4.90. The number of carbonyl (C=O) groups excluding carboxylic acids is 1. The van der Waals surface area contributed by atoms with E-state index in [2.05, 4.69) is 16.0 Å². The zero-order chi connectivity index (χ0) is 11.4. The van der Waals surface area contributed by atoms with Crippen LogP contribution in [0.4, 0.5) is 0 Å². The summed E-state index contributed by atoms with van der Waals surface area (Å²) in [7, 11) is 0. The molecule has 0 amide bonds. The van der Waals surface area contributed by atoms with Gasteiger partial charge < -0.3 is 0 Å². The number of hydrogen-bond donors (Lipinski definition) is 0. The fourth-order valence-electron chi connectivity index (χ4n) is 1.22. The maximum Gasteiger partial charge on any atom is 0.192 e. The molecule has 0 radical (unpaired) electrons. The highest BCUT2D eigenvalue weighted by molar-refractivity contribution is 7.99. The molecule has 1 aromatic heterocycles. The average molecular weight is 230 g/mol. The minimum atomic E-state index is 0.494. The lowest BCUT2D eigenvalue weighted by Gasteiger charge is -2.00. The molecule has 0 fully saturated rings. The Kier molecular flexibility index (Phi) is 3.31. The van der Waals surface area contributed by atoms with Crippen molar-refractivity contribution < 1.29 is 4.79 Å². The van der Waals surface area contributed by atoms with Crippen molar-refractivity contribution >= 4 is 18.0 Å². The predicted octanol–water partition coefficient (Wildman–Crippen LogP) is 2.75. The zero-order valence-electron chi connectivity index (χ0n) is 8.75. The summed E-state index contributed by atoms with van der Waals surface area (Å²) in [6.07, 6.45) is 3.79. The molecule has 0 N–H and O–H groups in total. The van der Waals surface area contributed by atoms with Crippen molar-refractivity contribution in [2.45, 2.75) is 17.0 Å². The SMILES string of the molecule is Cc1cccc(Sc2ncc(C=O)cn2)c1. The van der Waals surface area contributed by atoms with Crippen molar-refractivity contribution in [2.24, 2.45) is 0 Å². The molecule has 0 saturated carbocycles. The van der Waals surface area contributed by atoms with E-state index in [1.807, 2.05) is 25.1 Å². The molecule has 0 atom stereocenters. The van der Waals surface area contributed by atoms with Gasteiger partial charge in [-0.3, -0.25) is 4.79 Å². The van der Waals surface area contributed by atoms with E-state index in [0.717, 1.165) is 11.2 Å². The Labute approximate surface area is 97.9 Å². The molecule has 0 aliphatic rings. The van der Waals surface area contributed by atoms with Crippen LogP contribution in [0.3, 0.4) is 0 Å². The van der Waals surface area contributed by atoms with Gasteiger partial charge in [-0.25, -0.2) is 9.97 Å². The van der Waals surface area contributed by atoms with Crippen molar-refractivity contribution in [3.05, 3.63) is 47.8 Å². The maximum atomic E-state index is 10.4. The molecule has 1 aromatic carbocycles. The average Bonchev–Trinajstić information content (AvgIpc) is 2.30. The third-order valence-electron chi connectivity index (χ3n) is 1.98. The summed E-state index contributed by atoms with van der Waals surface area (Å²) in [4.78, 5) is 19.7. The molecule has 3 nitrogen and oxygen atoms in total. The second-order valence-electron chi connectivity index (χ2n) is 3.34.